The molecule has 1 unspecified atom stereocenters. The van der Waals surface area contributed by atoms with Crippen molar-refractivity contribution in [2.45, 2.75) is 25.8 Å². The van der Waals surface area contributed by atoms with Crippen LogP contribution in [0.25, 0.3) is 5.69 Å². The van der Waals surface area contributed by atoms with Crippen LogP contribution in [-0.2, 0) is 0 Å². The number of benzene rings is 1. The molecule has 6 nitrogen and oxygen atoms in total. The molecule has 6 heteroatoms. The van der Waals surface area contributed by atoms with E-state index in [9.17, 15) is 0 Å². The summed E-state index contributed by atoms with van der Waals surface area (Å²) in [6.07, 6.45) is 3.80. The summed E-state index contributed by atoms with van der Waals surface area (Å²) in [5.74, 6) is 1.51. The Balaban J connectivity index is 1.86. The Morgan fingerprint density at radius 3 is 2.90 bits per heavy atom. The number of nitrogens with zero attached hydrogens (tertiary/aromatic N) is 3. The van der Waals surface area contributed by atoms with Crippen molar-refractivity contribution in [3.05, 3.63) is 30.1 Å². The smallest absolute Gasteiger partial charge is 0.163 e. The molecule has 0 saturated heterocycles. The zero-order valence-corrected chi connectivity index (χ0v) is 11.5. The van der Waals surface area contributed by atoms with Crippen LogP contribution >= 0.6 is 0 Å². The Labute approximate surface area is 117 Å². The molecule has 1 aromatic carbocycles. The van der Waals surface area contributed by atoms with Crippen molar-refractivity contribution in [3.8, 4) is 17.2 Å². The third-order valence-electron chi connectivity index (χ3n) is 3.28. The van der Waals surface area contributed by atoms with Crippen LogP contribution in [0.4, 0.5) is 0 Å². The van der Waals surface area contributed by atoms with Crippen molar-refractivity contribution in [2.24, 2.45) is 5.73 Å². The lowest BCUT2D eigenvalue weighted by Crippen LogP contribution is -2.15. The Morgan fingerprint density at radius 1 is 1.30 bits per heavy atom. The van der Waals surface area contributed by atoms with Gasteiger partial charge in [0.2, 0.25) is 0 Å². The van der Waals surface area contributed by atoms with Gasteiger partial charge in [-0.05, 0) is 18.6 Å². The predicted molar refractivity (Wildman–Crippen MR) is 74.2 cm³/mol. The molecule has 1 atom stereocenters. The maximum absolute atomic E-state index is 6.05. The summed E-state index contributed by atoms with van der Waals surface area (Å²) in [7, 11) is 0. The highest BCUT2D eigenvalue weighted by atomic mass is 16.6. The average molecular weight is 274 g/mol. The molecule has 2 heterocycles. The van der Waals surface area contributed by atoms with Gasteiger partial charge in [-0.2, -0.15) is 0 Å². The zero-order chi connectivity index (χ0) is 13.9. The zero-order valence-electron chi connectivity index (χ0n) is 11.5. The lowest BCUT2D eigenvalue weighted by molar-refractivity contribution is 0.171. The van der Waals surface area contributed by atoms with Crippen LogP contribution in [0.5, 0.6) is 11.5 Å². The molecule has 2 aromatic rings. The Hall–Kier alpha value is -2.08. The predicted octanol–water partition coefficient (Wildman–Crippen LogP) is 1.84. The van der Waals surface area contributed by atoms with Crippen molar-refractivity contribution in [1.82, 2.24) is 15.0 Å². The van der Waals surface area contributed by atoms with E-state index < -0.39 is 0 Å². The summed E-state index contributed by atoms with van der Waals surface area (Å²) in [6.45, 7) is 3.26. The van der Waals surface area contributed by atoms with E-state index in [-0.39, 0.29) is 6.04 Å². The number of ether oxygens (including phenoxy) is 2. The van der Waals surface area contributed by atoms with Crippen LogP contribution in [0, 0.1) is 0 Å². The van der Waals surface area contributed by atoms with Gasteiger partial charge < -0.3 is 15.2 Å². The first-order valence-corrected chi connectivity index (χ1v) is 6.86. The van der Waals surface area contributed by atoms with E-state index in [4.69, 9.17) is 15.2 Å². The SMILES string of the molecule is CCCC(N)c1cn(-c2ccc3c(c2)OCCO3)nn1. The molecule has 0 spiro atoms. The molecular weight excluding hydrogens is 256 g/mol. The van der Waals surface area contributed by atoms with Gasteiger partial charge in [-0.1, -0.05) is 18.6 Å². The third-order valence-corrected chi connectivity index (χ3v) is 3.28. The van der Waals surface area contributed by atoms with Gasteiger partial charge in [0.1, 0.15) is 13.2 Å². The lowest BCUT2D eigenvalue weighted by Gasteiger charge is -2.18. The van der Waals surface area contributed by atoms with Gasteiger partial charge in [0.05, 0.1) is 23.6 Å². The van der Waals surface area contributed by atoms with Gasteiger partial charge >= 0.3 is 0 Å². The highest BCUT2D eigenvalue weighted by Crippen LogP contribution is 2.31. The van der Waals surface area contributed by atoms with Gasteiger partial charge in [-0.25, -0.2) is 4.68 Å². The first-order valence-electron chi connectivity index (χ1n) is 6.86. The largest absolute Gasteiger partial charge is 0.486 e. The molecule has 1 aliphatic heterocycles. The quantitative estimate of drug-likeness (QED) is 0.920. The van der Waals surface area contributed by atoms with Gasteiger partial charge in [-0.15, -0.1) is 5.10 Å². The summed E-state index contributed by atoms with van der Waals surface area (Å²) >= 11 is 0. The Bertz CT molecular complexity index is 597. The molecule has 20 heavy (non-hydrogen) atoms. The number of rotatable bonds is 4. The number of fused-ring (bicyclic) bond motifs is 1. The first kappa shape index (κ1) is 12.9. The summed E-state index contributed by atoms with van der Waals surface area (Å²) in [5.41, 5.74) is 7.74. The standard InChI is InChI=1S/C14H18N4O2/c1-2-3-11(15)12-9-18(17-16-12)10-4-5-13-14(8-10)20-7-6-19-13/h4-5,8-9,11H,2-3,6-7,15H2,1H3. The summed E-state index contributed by atoms with van der Waals surface area (Å²) < 4.78 is 12.8. The second-order valence-electron chi connectivity index (χ2n) is 4.81. The van der Waals surface area contributed by atoms with Crippen molar-refractivity contribution in [1.29, 1.82) is 0 Å². The average Bonchev–Trinajstić information content (AvgIpc) is 2.97. The van der Waals surface area contributed by atoms with Crippen LogP contribution in [-0.4, -0.2) is 28.2 Å². The van der Waals surface area contributed by atoms with Gasteiger partial charge in [0, 0.05) is 6.07 Å². The molecule has 106 valence electrons. The molecule has 1 aromatic heterocycles. The van der Waals surface area contributed by atoms with E-state index in [1.807, 2.05) is 24.4 Å². The molecule has 0 bridgehead atoms. The molecule has 3 rings (SSSR count). The van der Waals surface area contributed by atoms with Crippen LogP contribution in [0.2, 0.25) is 0 Å². The minimum atomic E-state index is -0.0639. The maximum Gasteiger partial charge on any atom is 0.163 e. The van der Waals surface area contributed by atoms with Crippen LogP contribution < -0.4 is 15.2 Å². The van der Waals surface area contributed by atoms with E-state index in [0.717, 1.165) is 35.7 Å². The Kier molecular flexibility index (Phi) is 3.56. The number of hydrogen-bond acceptors (Lipinski definition) is 5. The minimum absolute atomic E-state index is 0.0639. The maximum atomic E-state index is 6.05. The van der Waals surface area contributed by atoms with Crippen LogP contribution in [0.1, 0.15) is 31.5 Å². The fourth-order valence-electron chi connectivity index (χ4n) is 2.21. The molecule has 1 aliphatic rings. The summed E-state index contributed by atoms with van der Waals surface area (Å²) in [5, 5.41) is 8.27. The second kappa shape index (κ2) is 5.50. The molecule has 2 N–H and O–H groups in total. The third kappa shape index (κ3) is 2.46. The molecule has 0 saturated carbocycles. The first-order chi connectivity index (χ1) is 9.78. The number of nitrogens with two attached hydrogens (primary N) is 1. The highest BCUT2D eigenvalue weighted by Gasteiger charge is 2.14. The summed E-state index contributed by atoms with van der Waals surface area (Å²) in [6, 6.07) is 5.65. The fourth-order valence-corrected chi connectivity index (χ4v) is 2.21. The minimum Gasteiger partial charge on any atom is -0.486 e. The molecule has 0 aliphatic carbocycles. The monoisotopic (exact) mass is 274 g/mol. The normalized spacial score (nSPS) is 15.1. The molecule has 0 amide bonds. The van der Waals surface area contributed by atoms with E-state index in [1.165, 1.54) is 0 Å². The van der Waals surface area contributed by atoms with E-state index in [2.05, 4.69) is 17.2 Å². The van der Waals surface area contributed by atoms with E-state index in [1.54, 1.807) is 4.68 Å². The van der Waals surface area contributed by atoms with Gasteiger partial charge in [-0.3, -0.25) is 0 Å². The Morgan fingerprint density at radius 2 is 2.10 bits per heavy atom. The van der Waals surface area contributed by atoms with Crippen molar-refractivity contribution in [3.63, 3.8) is 0 Å². The van der Waals surface area contributed by atoms with Crippen LogP contribution in [0.15, 0.2) is 24.4 Å². The van der Waals surface area contributed by atoms with Crippen molar-refractivity contribution < 1.29 is 9.47 Å². The topological polar surface area (TPSA) is 75.2 Å². The van der Waals surface area contributed by atoms with Gasteiger partial charge in [0.25, 0.3) is 0 Å². The lowest BCUT2D eigenvalue weighted by atomic mass is 10.1. The number of hydrogen-bond donors (Lipinski definition) is 1. The van der Waals surface area contributed by atoms with Crippen molar-refractivity contribution >= 4 is 0 Å². The summed E-state index contributed by atoms with van der Waals surface area (Å²) in [4.78, 5) is 0. The number of aromatic nitrogens is 3. The van der Waals surface area contributed by atoms with Gasteiger partial charge in [0.15, 0.2) is 11.5 Å². The molecular formula is C14H18N4O2. The second-order valence-corrected chi connectivity index (χ2v) is 4.81. The highest BCUT2D eigenvalue weighted by molar-refractivity contribution is 5.49. The van der Waals surface area contributed by atoms with E-state index in [0.29, 0.717) is 13.2 Å². The van der Waals surface area contributed by atoms with Crippen LogP contribution in [0.3, 0.4) is 0 Å². The van der Waals surface area contributed by atoms with E-state index >= 15 is 0 Å². The fraction of sp³-hybridized carbons (Fsp3) is 0.429. The molecule has 0 radical (unpaired) electrons. The van der Waals surface area contributed by atoms with Crippen molar-refractivity contribution in [2.75, 3.05) is 13.2 Å². The molecule has 0 fully saturated rings.